The van der Waals surface area contributed by atoms with Gasteiger partial charge in [0.05, 0.1) is 0 Å². The Morgan fingerprint density at radius 1 is 1.67 bits per heavy atom. The fourth-order valence-corrected chi connectivity index (χ4v) is 1.05. The van der Waals surface area contributed by atoms with Crippen LogP contribution in [0.1, 0.15) is 12.2 Å². The first-order chi connectivity index (χ1) is 4.47. The maximum atomic E-state index is 5.08. The van der Waals surface area contributed by atoms with Crippen molar-refractivity contribution in [2.24, 2.45) is 0 Å². The predicted octanol–water partition coefficient (Wildman–Crippen LogP) is 1.03. The van der Waals surface area contributed by atoms with Crippen LogP contribution in [0.2, 0.25) is 0 Å². The average Bonchev–Trinajstić information content (AvgIpc) is 2.33. The zero-order valence-corrected chi connectivity index (χ0v) is 5.05. The van der Waals surface area contributed by atoms with Crippen molar-refractivity contribution in [1.29, 1.82) is 0 Å². The molecule has 1 aliphatic rings. The number of hydrogen-bond acceptors (Lipinski definition) is 3. The summed E-state index contributed by atoms with van der Waals surface area (Å²) in [6.07, 6.45) is 3.67. The van der Waals surface area contributed by atoms with Gasteiger partial charge in [0.2, 0.25) is 0 Å². The molecule has 0 aliphatic carbocycles. The Hall–Kier alpha value is -0.990. The molecular formula is C6H8N2O. The number of aromatic nitrogens is 1. The summed E-state index contributed by atoms with van der Waals surface area (Å²) >= 11 is 0. The fourth-order valence-electron chi connectivity index (χ4n) is 1.05. The Morgan fingerprint density at radius 3 is 3.56 bits per heavy atom. The van der Waals surface area contributed by atoms with Gasteiger partial charge < -0.3 is 9.73 Å². The van der Waals surface area contributed by atoms with E-state index in [2.05, 4.69) is 10.3 Å². The molecule has 0 spiro atoms. The average molecular weight is 124 g/mol. The summed E-state index contributed by atoms with van der Waals surface area (Å²) < 4.78 is 5.08. The molecule has 1 aliphatic heterocycles. The first-order valence-electron chi connectivity index (χ1n) is 3.13. The second-order valence-corrected chi connectivity index (χ2v) is 2.15. The van der Waals surface area contributed by atoms with E-state index >= 15 is 0 Å². The Morgan fingerprint density at radius 2 is 2.67 bits per heavy atom. The van der Waals surface area contributed by atoms with Gasteiger partial charge in [-0.1, -0.05) is 0 Å². The number of oxazole rings is 1. The molecular weight excluding hydrogens is 116 g/mol. The quantitative estimate of drug-likeness (QED) is 0.561. The van der Waals surface area contributed by atoms with E-state index in [9.17, 15) is 0 Å². The zero-order valence-electron chi connectivity index (χ0n) is 5.05. The molecule has 2 heterocycles. The van der Waals surface area contributed by atoms with E-state index in [1.54, 1.807) is 0 Å². The van der Waals surface area contributed by atoms with Crippen LogP contribution < -0.4 is 5.32 Å². The molecule has 0 unspecified atom stereocenters. The van der Waals surface area contributed by atoms with Gasteiger partial charge in [-0.25, -0.2) is 0 Å². The normalized spacial score (nSPS) is 16.4. The molecule has 1 aromatic heterocycles. The van der Waals surface area contributed by atoms with Crippen LogP contribution in [-0.2, 0) is 6.42 Å². The zero-order chi connectivity index (χ0) is 6.10. The minimum atomic E-state index is 0.932. The molecule has 0 atom stereocenters. The smallest absolute Gasteiger partial charge is 0.183 e. The number of fused-ring (bicyclic) bond motifs is 1. The predicted molar refractivity (Wildman–Crippen MR) is 33.3 cm³/mol. The third-order valence-electron chi connectivity index (χ3n) is 1.51. The third kappa shape index (κ3) is 0.686. The highest BCUT2D eigenvalue weighted by molar-refractivity contribution is 5.39. The van der Waals surface area contributed by atoms with Gasteiger partial charge in [0.25, 0.3) is 0 Å². The Kier molecular flexibility index (Phi) is 0.946. The van der Waals surface area contributed by atoms with Crippen LogP contribution in [0.15, 0.2) is 10.8 Å². The number of anilines is 1. The third-order valence-corrected chi connectivity index (χ3v) is 1.51. The van der Waals surface area contributed by atoms with Crippen LogP contribution in [-0.4, -0.2) is 11.5 Å². The second-order valence-electron chi connectivity index (χ2n) is 2.15. The molecule has 0 bridgehead atoms. The van der Waals surface area contributed by atoms with Crippen molar-refractivity contribution < 1.29 is 4.42 Å². The van der Waals surface area contributed by atoms with Crippen molar-refractivity contribution in [2.75, 3.05) is 11.9 Å². The summed E-state index contributed by atoms with van der Waals surface area (Å²) in [6.45, 7) is 1.03. The summed E-state index contributed by atoms with van der Waals surface area (Å²) in [5, 5.41) is 3.14. The lowest BCUT2D eigenvalue weighted by molar-refractivity contribution is 0.495. The molecule has 9 heavy (non-hydrogen) atoms. The van der Waals surface area contributed by atoms with Crippen LogP contribution in [0.4, 0.5) is 5.82 Å². The molecule has 0 fully saturated rings. The molecule has 0 aromatic carbocycles. The second kappa shape index (κ2) is 1.76. The molecule has 48 valence electrons. The van der Waals surface area contributed by atoms with E-state index in [0.717, 1.165) is 31.0 Å². The monoisotopic (exact) mass is 124 g/mol. The van der Waals surface area contributed by atoms with Gasteiger partial charge in [-0.3, -0.25) is 0 Å². The van der Waals surface area contributed by atoms with Gasteiger partial charge in [-0.15, -0.1) is 0 Å². The maximum absolute atomic E-state index is 5.08. The summed E-state index contributed by atoms with van der Waals surface area (Å²) in [7, 11) is 0. The SMILES string of the molecule is c1nc2c(o1)CCCN2. The number of nitrogens with zero attached hydrogens (tertiary/aromatic N) is 1. The molecule has 0 amide bonds. The van der Waals surface area contributed by atoms with Crippen molar-refractivity contribution in [3.05, 3.63) is 12.2 Å². The van der Waals surface area contributed by atoms with Crippen molar-refractivity contribution in [3.63, 3.8) is 0 Å². The molecule has 0 saturated carbocycles. The lowest BCUT2D eigenvalue weighted by Crippen LogP contribution is -2.10. The summed E-state index contributed by atoms with van der Waals surface area (Å²) in [5.41, 5.74) is 0. The highest BCUT2D eigenvalue weighted by Crippen LogP contribution is 2.18. The molecule has 1 aromatic rings. The van der Waals surface area contributed by atoms with E-state index in [4.69, 9.17) is 4.42 Å². The van der Waals surface area contributed by atoms with Gasteiger partial charge >= 0.3 is 0 Å². The van der Waals surface area contributed by atoms with Gasteiger partial charge in [-0.2, -0.15) is 4.98 Å². The molecule has 0 radical (unpaired) electrons. The summed E-state index contributed by atoms with van der Waals surface area (Å²) in [6, 6.07) is 0. The Balaban J connectivity index is 2.39. The molecule has 1 N–H and O–H groups in total. The van der Waals surface area contributed by atoms with Crippen LogP contribution in [0.3, 0.4) is 0 Å². The number of nitrogens with one attached hydrogen (secondary N) is 1. The molecule has 3 nitrogen and oxygen atoms in total. The van der Waals surface area contributed by atoms with E-state index < -0.39 is 0 Å². The van der Waals surface area contributed by atoms with Crippen molar-refractivity contribution in [1.82, 2.24) is 4.98 Å². The summed E-state index contributed by atoms with van der Waals surface area (Å²) in [4.78, 5) is 3.98. The Labute approximate surface area is 53.1 Å². The van der Waals surface area contributed by atoms with Crippen LogP contribution >= 0.6 is 0 Å². The van der Waals surface area contributed by atoms with Crippen LogP contribution in [0.25, 0.3) is 0 Å². The fraction of sp³-hybridized carbons (Fsp3) is 0.500. The minimum Gasteiger partial charge on any atom is -0.446 e. The van der Waals surface area contributed by atoms with Gasteiger partial charge in [0, 0.05) is 13.0 Å². The Bertz CT molecular complexity index is 186. The molecule has 2 rings (SSSR count). The van der Waals surface area contributed by atoms with E-state index in [-0.39, 0.29) is 0 Å². The lowest BCUT2D eigenvalue weighted by atomic mass is 10.2. The van der Waals surface area contributed by atoms with Crippen molar-refractivity contribution >= 4 is 5.82 Å². The van der Waals surface area contributed by atoms with Gasteiger partial charge in [0.1, 0.15) is 5.76 Å². The maximum Gasteiger partial charge on any atom is 0.183 e. The lowest BCUT2D eigenvalue weighted by Gasteiger charge is -2.08. The van der Waals surface area contributed by atoms with Crippen LogP contribution in [0.5, 0.6) is 0 Å². The number of rotatable bonds is 0. The van der Waals surface area contributed by atoms with Gasteiger partial charge in [0.15, 0.2) is 12.2 Å². The standard InChI is InChI=1S/C6H8N2O/c1-2-5-6(7-3-1)8-4-9-5/h4,7H,1-3H2. The molecule has 0 saturated heterocycles. The van der Waals surface area contributed by atoms with E-state index in [1.807, 2.05) is 0 Å². The summed E-state index contributed by atoms with van der Waals surface area (Å²) in [5.74, 6) is 1.93. The largest absolute Gasteiger partial charge is 0.446 e. The highest BCUT2D eigenvalue weighted by Gasteiger charge is 2.10. The molecule has 3 heteroatoms. The number of hydrogen-bond donors (Lipinski definition) is 1. The van der Waals surface area contributed by atoms with Crippen molar-refractivity contribution in [3.8, 4) is 0 Å². The van der Waals surface area contributed by atoms with Crippen LogP contribution in [0, 0.1) is 0 Å². The van der Waals surface area contributed by atoms with Gasteiger partial charge in [-0.05, 0) is 6.42 Å². The number of aryl methyl sites for hydroxylation is 1. The first kappa shape index (κ1) is 4.85. The van der Waals surface area contributed by atoms with Crippen molar-refractivity contribution in [2.45, 2.75) is 12.8 Å². The topological polar surface area (TPSA) is 38.1 Å². The minimum absolute atomic E-state index is 0.932. The first-order valence-corrected chi connectivity index (χ1v) is 3.13. The van der Waals surface area contributed by atoms with E-state index in [1.165, 1.54) is 6.39 Å². The van der Waals surface area contributed by atoms with E-state index in [0.29, 0.717) is 0 Å². The highest BCUT2D eigenvalue weighted by atomic mass is 16.3.